The van der Waals surface area contributed by atoms with Crippen molar-refractivity contribution in [2.45, 2.75) is 12.8 Å². The van der Waals surface area contributed by atoms with Crippen molar-refractivity contribution in [3.8, 4) is 6.07 Å². The molecule has 0 aliphatic rings. The summed E-state index contributed by atoms with van der Waals surface area (Å²) in [5.74, 6) is -1.93. The van der Waals surface area contributed by atoms with Gasteiger partial charge in [-0.05, 0) is 18.4 Å². The van der Waals surface area contributed by atoms with Gasteiger partial charge in [0.05, 0.1) is 6.07 Å². The zero-order valence-corrected chi connectivity index (χ0v) is 7.68. The van der Waals surface area contributed by atoms with Crippen LogP contribution in [0.1, 0.15) is 12.0 Å². The normalized spacial score (nSPS) is 11.6. The Labute approximate surface area is 82.6 Å². The van der Waals surface area contributed by atoms with E-state index in [2.05, 4.69) is 0 Å². The first-order valence-corrected chi connectivity index (χ1v) is 4.40. The second-order valence-corrected chi connectivity index (χ2v) is 3.04. The Balaban J connectivity index is 2.49. The third kappa shape index (κ3) is 2.91. The highest BCUT2D eigenvalue weighted by Crippen LogP contribution is 2.09. The average molecular weight is 189 g/mol. The Morgan fingerprint density at radius 3 is 2.57 bits per heavy atom. The van der Waals surface area contributed by atoms with Gasteiger partial charge in [0.2, 0.25) is 0 Å². The monoisotopic (exact) mass is 189 g/mol. The molecule has 0 bridgehead atoms. The fourth-order valence-corrected chi connectivity index (χ4v) is 1.20. The molecule has 1 aromatic rings. The maximum Gasteiger partial charge on any atom is 0.320 e. The van der Waals surface area contributed by atoms with E-state index in [1.165, 1.54) is 0 Å². The SMILES string of the molecule is N#C[C@@H](CCc1ccccc1)C(=O)O. The standard InChI is InChI=1S/C11H11NO2/c12-8-10(11(13)14)7-6-9-4-2-1-3-5-9/h1-5,10H,6-7H2,(H,13,14)/t10-/m1/s1. The minimum Gasteiger partial charge on any atom is -0.480 e. The first-order valence-electron chi connectivity index (χ1n) is 4.40. The van der Waals surface area contributed by atoms with Crippen LogP contribution in [-0.4, -0.2) is 11.1 Å². The van der Waals surface area contributed by atoms with Crippen LogP contribution in [0.3, 0.4) is 0 Å². The van der Waals surface area contributed by atoms with Gasteiger partial charge in [0, 0.05) is 0 Å². The lowest BCUT2D eigenvalue weighted by molar-refractivity contribution is -0.139. The van der Waals surface area contributed by atoms with E-state index < -0.39 is 11.9 Å². The molecule has 0 spiro atoms. The van der Waals surface area contributed by atoms with Gasteiger partial charge in [-0.15, -0.1) is 0 Å². The highest BCUT2D eigenvalue weighted by molar-refractivity contribution is 5.72. The summed E-state index contributed by atoms with van der Waals surface area (Å²) in [5.41, 5.74) is 1.06. The molecule has 0 aliphatic carbocycles. The quantitative estimate of drug-likeness (QED) is 0.786. The van der Waals surface area contributed by atoms with Crippen LogP contribution in [0.2, 0.25) is 0 Å². The number of carboxylic acids is 1. The van der Waals surface area contributed by atoms with Crippen molar-refractivity contribution in [1.29, 1.82) is 5.26 Å². The van der Waals surface area contributed by atoms with Gasteiger partial charge in [-0.3, -0.25) is 4.79 Å². The molecular formula is C11H11NO2. The highest BCUT2D eigenvalue weighted by atomic mass is 16.4. The molecule has 0 unspecified atom stereocenters. The van der Waals surface area contributed by atoms with E-state index in [0.717, 1.165) is 5.56 Å². The third-order valence-corrected chi connectivity index (χ3v) is 2.02. The van der Waals surface area contributed by atoms with Crippen LogP contribution >= 0.6 is 0 Å². The van der Waals surface area contributed by atoms with Gasteiger partial charge in [0.15, 0.2) is 0 Å². The number of aryl methyl sites for hydroxylation is 1. The number of aliphatic carboxylic acids is 1. The maximum absolute atomic E-state index is 10.5. The van der Waals surface area contributed by atoms with Crippen LogP contribution in [0, 0.1) is 17.2 Å². The van der Waals surface area contributed by atoms with E-state index in [1.807, 2.05) is 30.3 Å². The smallest absolute Gasteiger partial charge is 0.320 e. The topological polar surface area (TPSA) is 61.1 Å². The zero-order chi connectivity index (χ0) is 10.4. The number of hydrogen-bond acceptors (Lipinski definition) is 2. The molecule has 0 saturated heterocycles. The number of nitriles is 1. The summed E-state index contributed by atoms with van der Waals surface area (Å²) < 4.78 is 0. The van der Waals surface area contributed by atoms with E-state index in [1.54, 1.807) is 6.07 Å². The fourth-order valence-electron chi connectivity index (χ4n) is 1.20. The molecule has 0 amide bonds. The molecule has 1 aromatic carbocycles. The van der Waals surface area contributed by atoms with Crippen molar-refractivity contribution in [2.24, 2.45) is 5.92 Å². The summed E-state index contributed by atoms with van der Waals surface area (Å²) in [6, 6.07) is 11.3. The molecule has 72 valence electrons. The van der Waals surface area contributed by atoms with E-state index >= 15 is 0 Å². The first kappa shape index (κ1) is 10.3. The number of carboxylic acid groups (broad SMARTS) is 1. The summed E-state index contributed by atoms with van der Waals surface area (Å²) in [6.07, 6.45) is 1.00. The molecule has 0 aliphatic heterocycles. The van der Waals surface area contributed by atoms with Crippen LogP contribution in [0.25, 0.3) is 0 Å². The Morgan fingerprint density at radius 1 is 1.43 bits per heavy atom. The van der Waals surface area contributed by atoms with Gasteiger partial charge >= 0.3 is 5.97 Å². The molecule has 0 aromatic heterocycles. The van der Waals surface area contributed by atoms with Crippen molar-refractivity contribution in [3.63, 3.8) is 0 Å². The Hall–Kier alpha value is -1.82. The molecule has 3 nitrogen and oxygen atoms in total. The molecular weight excluding hydrogens is 178 g/mol. The molecule has 0 radical (unpaired) electrons. The molecule has 14 heavy (non-hydrogen) atoms. The van der Waals surface area contributed by atoms with Crippen LogP contribution in [-0.2, 0) is 11.2 Å². The summed E-state index contributed by atoms with van der Waals surface area (Å²) in [6.45, 7) is 0. The minimum absolute atomic E-state index is 0.371. The number of benzene rings is 1. The maximum atomic E-state index is 10.5. The molecule has 1 atom stereocenters. The largest absolute Gasteiger partial charge is 0.480 e. The Kier molecular flexibility index (Phi) is 3.69. The van der Waals surface area contributed by atoms with Crippen molar-refractivity contribution in [3.05, 3.63) is 35.9 Å². The van der Waals surface area contributed by atoms with Crippen molar-refractivity contribution < 1.29 is 9.90 Å². The van der Waals surface area contributed by atoms with E-state index in [9.17, 15) is 4.79 Å². The highest BCUT2D eigenvalue weighted by Gasteiger charge is 2.15. The van der Waals surface area contributed by atoms with Gasteiger partial charge in [-0.2, -0.15) is 5.26 Å². The van der Waals surface area contributed by atoms with E-state index in [0.29, 0.717) is 12.8 Å². The van der Waals surface area contributed by atoms with Gasteiger partial charge in [0.1, 0.15) is 5.92 Å². The van der Waals surface area contributed by atoms with Crippen molar-refractivity contribution in [2.75, 3.05) is 0 Å². The van der Waals surface area contributed by atoms with Gasteiger partial charge in [-0.25, -0.2) is 0 Å². The van der Waals surface area contributed by atoms with Crippen molar-refractivity contribution >= 4 is 5.97 Å². The predicted molar refractivity (Wildman–Crippen MR) is 51.5 cm³/mol. The third-order valence-electron chi connectivity index (χ3n) is 2.02. The number of carbonyl (C=O) groups is 1. The summed E-state index contributed by atoms with van der Waals surface area (Å²) >= 11 is 0. The zero-order valence-electron chi connectivity index (χ0n) is 7.68. The lowest BCUT2D eigenvalue weighted by Gasteiger charge is -2.03. The lowest BCUT2D eigenvalue weighted by Crippen LogP contribution is -2.12. The van der Waals surface area contributed by atoms with E-state index in [-0.39, 0.29) is 0 Å². The average Bonchev–Trinajstić information content (AvgIpc) is 2.20. The van der Waals surface area contributed by atoms with Crippen LogP contribution in [0.5, 0.6) is 0 Å². The van der Waals surface area contributed by atoms with Crippen LogP contribution in [0.4, 0.5) is 0 Å². The number of hydrogen-bond donors (Lipinski definition) is 1. The van der Waals surface area contributed by atoms with Crippen LogP contribution < -0.4 is 0 Å². The second-order valence-electron chi connectivity index (χ2n) is 3.04. The van der Waals surface area contributed by atoms with E-state index in [4.69, 9.17) is 10.4 Å². The van der Waals surface area contributed by atoms with Crippen molar-refractivity contribution in [1.82, 2.24) is 0 Å². The fraction of sp³-hybridized carbons (Fsp3) is 0.273. The summed E-state index contributed by atoms with van der Waals surface area (Å²) in [4.78, 5) is 10.5. The second kappa shape index (κ2) is 5.03. The number of rotatable bonds is 4. The molecule has 3 heteroatoms. The predicted octanol–water partition coefficient (Wildman–Crippen LogP) is 1.84. The number of nitrogens with zero attached hydrogens (tertiary/aromatic N) is 1. The van der Waals surface area contributed by atoms with Gasteiger partial charge < -0.3 is 5.11 Å². The van der Waals surface area contributed by atoms with Gasteiger partial charge in [0.25, 0.3) is 0 Å². The minimum atomic E-state index is -1.04. The molecule has 0 saturated carbocycles. The molecule has 0 fully saturated rings. The Bertz CT molecular complexity index is 340. The molecule has 1 rings (SSSR count). The summed E-state index contributed by atoms with van der Waals surface area (Å²) in [7, 11) is 0. The van der Waals surface area contributed by atoms with Gasteiger partial charge in [-0.1, -0.05) is 30.3 Å². The Morgan fingerprint density at radius 2 is 2.07 bits per heavy atom. The lowest BCUT2D eigenvalue weighted by atomic mass is 10.0. The van der Waals surface area contributed by atoms with Crippen LogP contribution in [0.15, 0.2) is 30.3 Å². The molecule has 0 heterocycles. The summed E-state index contributed by atoms with van der Waals surface area (Å²) in [5, 5.41) is 17.2. The first-order chi connectivity index (χ1) is 6.74. The molecule has 1 N–H and O–H groups in total.